The summed E-state index contributed by atoms with van der Waals surface area (Å²) in [6, 6.07) is 10.0. The lowest BCUT2D eigenvalue weighted by Gasteiger charge is -2.05. The summed E-state index contributed by atoms with van der Waals surface area (Å²) in [5, 5.41) is 2.78. The maximum atomic E-state index is 11.1. The van der Waals surface area contributed by atoms with Gasteiger partial charge < -0.3 is 15.8 Å². The molecule has 0 unspecified atom stereocenters. The number of carbonyl (C=O) groups is 1. The van der Waals surface area contributed by atoms with Gasteiger partial charge in [-0.2, -0.15) is 0 Å². The van der Waals surface area contributed by atoms with Crippen LogP contribution in [-0.4, -0.2) is 25.6 Å². The summed E-state index contributed by atoms with van der Waals surface area (Å²) in [4.78, 5) is 11.1. The molecule has 94 valence electrons. The Morgan fingerprint density at radius 3 is 2.76 bits per heavy atom. The quantitative estimate of drug-likeness (QED) is 0.663. The van der Waals surface area contributed by atoms with Gasteiger partial charge in [0.2, 0.25) is 5.91 Å². The van der Waals surface area contributed by atoms with Crippen LogP contribution in [0.5, 0.6) is 0 Å². The first-order valence-electron chi connectivity index (χ1n) is 5.91. The number of amides is 1. The van der Waals surface area contributed by atoms with Crippen LogP contribution in [0, 0.1) is 0 Å². The van der Waals surface area contributed by atoms with Gasteiger partial charge in [-0.25, -0.2) is 0 Å². The summed E-state index contributed by atoms with van der Waals surface area (Å²) in [6.45, 7) is 2.32. The Morgan fingerprint density at radius 1 is 1.29 bits per heavy atom. The number of hydrogen-bond acceptors (Lipinski definition) is 3. The first kappa shape index (κ1) is 13.7. The van der Waals surface area contributed by atoms with Crippen LogP contribution in [0.4, 0.5) is 0 Å². The molecule has 1 amide bonds. The second-order valence-electron chi connectivity index (χ2n) is 3.78. The van der Waals surface area contributed by atoms with Crippen LogP contribution >= 0.6 is 0 Å². The molecule has 0 aliphatic carbocycles. The maximum absolute atomic E-state index is 11.1. The summed E-state index contributed by atoms with van der Waals surface area (Å²) in [6.07, 6.45) is 1.22. The van der Waals surface area contributed by atoms with E-state index in [1.54, 1.807) is 0 Å². The van der Waals surface area contributed by atoms with E-state index in [0.29, 0.717) is 32.7 Å². The predicted molar refractivity (Wildman–Crippen MR) is 67.4 cm³/mol. The van der Waals surface area contributed by atoms with E-state index in [9.17, 15) is 4.79 Å². The molecule has 1 aromatic carbocycles. The van der Waals surface area contributed by atoms with Crippen LogP contribution in [0.2, 0.25) is 0 Å². The molecule has 0 aromatic heterocycles. The Balaban J connectivity index is 1.96. The Kier molecular flexibility index (Phi) is 7.02. The molecule has 3 N–H and O–H groups in total. The lowest BCUT2D eigenvalue weighted by atomic mass is 10.2. The number of nitrogens with two attached hydrogens (primary N) is 1. The molecule has 1 aromatic rings. The van der Waals surface area contributed by atoms with Gasteiger partial charge in [-0.15, -0.1) is 0 Å². The molecule has 0 aliphatic heterocycles. The highest BCUT2D eigenvalue weighted by molar-refractivity contribution is 5.75. The topological polar surface area (TPSA) is 64.4 Å². The smallest absolute Gasteiger partial charge is 0.221 e. The van der Waals surface area contributed by atoms with Gasteiger partial charge in [0, 0.05) is 26.1 Å². The SMILES string of the molecule is NCCC(=O)NCCCOCc1ccccc1. The molecule has 0 fully saturated rings. The monoisotopic (exact) mass is 236 g/mol. The van der Waals surface area contributed by atoms with Crippen molar-refractivity contribution in [1.29, 1.82) is 0 Å². The first-order valence-corrected chi connectivity index (χ1v) is 5.91. The van der Waals surface area contributed by atoms with Crippen molar-refractivity contribution in [2.24, 2.45) is 5.73 Å². The molecule has 0 heterocycles. The fourth-order valence-electron chi connectivity index (χ4n) is 1.39. The molecule has 0 radical (unpaired) electrons. The summed E-state index contributed by atoms with van der Waals surface area (Å²) < 4.78 is 5.49. The van der Waals surface area contributed by atoms with Crippen LogP contribution in [0.1, 0.15) is 18.4 Å². The van der Waals surface area contributed by atoms with Gasteiger partial charge in [-0.05, 0) is 12.0 Å². The average Bonchev–Trinajstić information content (AvgIpc) is 2.35. The van der Waals surface area contributed by atoms with Gasteiger partial charge in [0.05, 0.1) is 6.61 Å². The van der Waals surface area contributed by atoms with Crippen molar-refractivity contribution in [3.8, 4) is 0 Å². The summed E-state index contributed by atoms with van der Waals surface area (Å²) in [5.74, 6) is 0.00978. The minimum Gasteiger partial charge on any atom is -0.377 e. The highest BCUT2D eigenvalue weighted by Gasteiger charge is 1.97. The second kappa shape index (κ2) is 8.73. The molecule has 4 heteroatoms. The first-order chi connectivity index (χ1) is 8.33. The van der Waals surface area contributed by atoms with Gasteiger partial charge in [0.15, 0.2) is 0 Å². The van der Waals surface area contributed by atoms with Crippen LogP contribution in [0.15, 0.2) is 30.3 Å². The lowest BCUT2D eigenvalue weighted by Crippen LogP contribution is -2.27. The summed E-state index contributed by atoms with van der Waals surface area (Å²) in [5.41, 5.74) is 6.43. The molecule has 0 saturated carbocycles. The molecule has 0 bridgehead atoms. The van der Waals surface area contributed by atoms with Crippen molar-refractivity contribution in [3.05, 3.63) is 35.9 Å². The third-order valence-electron chi connectivity index (χ3n) is 2.27. The molecule has 1 rings (SSSR count). The van der Waals surface area contributed by atoms with E-state index in [2.05, 4.69) is 5.32 Å². The Morgan fingerprint density at radius 2 is 2.06 bits per heavy atom. The zero-order chi connectivity index (χ0) is 12.3. The van der Waals surface area contributed by atoms with Gasteiger partial charge in [0.1, 0.15) is 0 Å². The third kappa shape index (κ3) is 6.71. The van der Waals surface area contributed by atoms with E-state index >= 15 is 0 Å². The van der Waals surface area contributed by atoms with Crippen molar-refractivity contribution in [3.63, 3.8) is 0 Å². The Bertz CT molecular complexity index is 314. The number of nitrogens with one attached hydrogen (secondary N) is 1. The van der Waals surface area contributed by atoms with Crippen LogP contribution in [0.3, 0.4) is 0 Å². The summed E-state index contributed by atoms with van der Waals surface area (Å²) in [7, 11) is 0. The van der Waals surface area contributed by atoms with E-state index in [1.807, 2.05) is 30.3 Å². The third-order valence-corrected chi connectivity index (χ3v) is 2.27. The second-order valence-corrected chi connectivity index (χ2v) is 3.78. The number of rotatable bonds is 8. The van der Waals surface area contributed by atoms with Crippen molar-refractivity contribution >= 4 is 5.91 Å². The van der Waals surface area contributed by atoms with Crippen LogP contribution in [-0.2, 0) is 16.1 Å². The van der Waals surface area contributed by atoms with E-state index in [1.165, 1.54) is 5.56 Å². The van der Waals surface area contributed by atoms with E-state index < -0.39 is 0 Å². The maximum Gasteiger partial charge on any atom is 0.221 e. The van der Waals surface area contributed by atoms with Gasteiger partial charge in [-0.3, -0.25) is 4.79 Å². The molecule has 0 aliphatic rings. The highest BCUT2D eigenvalue weighted by atomic mass is 16.5. The van der Waals surface area contributed by atoms with Crippen molar-refractivity contribution in [2.75, 3.05) is 19.7 Å². The van der Waals surface area contributed by atoms with Gasteiger partial charge in [0.25, 0.3) is 0 Å². The number of ether oxygens (including phenoxy) is 1. The number of carbonyl (C=O) groups excluding carboxylic acids is 1. The Labute approximate surface area is 102 Å². The molecular formula is C13H20N2O2. The van der Waals surface area contributed by atoms with Crippen molar-refractivity contribution in [2.45, 2.75) is 19.4 Å². The minimum absolute atomic E-state index is 0.00978. The lowest BCUT2D eigenvalue weighted by molar-refractivity contribution is -0.120. The van der Waals surface area contributed by atoms with Crippen molar-refractivity contribution < 1.29 is 9.53 Å². The molecule has 17 heavy (non-hydrogen) atoms. The fourth-order valence-corrected chi connectivity index (χ4v) is 1.39. The number of benzene rings is 1. The predicted octanol–water partition coefficient (Wildman–Crippen LogP) is 1.06. The van der Waals surface area contributed by atoms with Gasteiger partial charge >= 0.3 is 0 Å². The Hall–Kier alpha value is -1.39. The van der Waals surface area contributed by atoms with E-state index in [-0.39, 0.29) is 5.91 Å². The summed E-state index contributed by atoms with van der Waals surface area (Å²) >= 11 is 0. The van der Waals surface area contributed by atoms with Crippen LogP contribution in [0.25, 0.3) is 0 Å². The molecular weight excluding hydrogens is 216 g/mol. The average molecular weight is 236 g/mol. The van der Waals surface area contributed by atoms with Crippen LogP contribution < -0.4 is 11.1 Å². The zero-order valence-electron chi connectivity index (χ0n) is 10.0. The zero-order valence-corrected chi connectivity index (χ0v) is 10.0. The van der Waals surface area contributed by atoms with Crippen molar-refractivity contribution in [1.82, 2.24) is 5.32 Å². The minimum atomic E-state index is 0.00978. The standard InChI is InChI=1S/C13H20N2O2/c14-8-7-13(16)15-9-4-10-17-11-12-5-2-1-3-6-12/h1-3,5-6H,4,7-11,14H2,(H,15,16). The van der Waals surface area contributed by atoms with Gasteiger partial charge in [-0.1, -0.05) is 30.3 Å². The largest absolute Gasteiger partial charge is 0.377 e. The molecule has 0 saturated heterocycles. The highest BCUT2D eigenvalue weighted by Crippen LogP contribution is 2.00. The molecule has 0 spiro atoms. The fraction of sp³-hybridized carbons (Fsp3) is 0.462. The van der Waals surface area contributed by atoms with E-state index in [0.717, 1.165) is 6.42 Å². The normalized spacial score (nSPS) is 10.2. The molecule has 0 atom stereocenters. The molecule has 4 nitrogen and oxygen atoms in total. The van der Waals surface area contributed by atoms with E-state index in [4.69, 9.17) is 10.5 Å². The number of hydrogen-bond donors (Lipinski definition) is 2.